The van der Waals surface area contributed by atoms with Crippen molar-refractivity contribution < 1.29 is 24.5 Å². The molecule has 1 heterocycles. The maximum absolute atomic E-state index is 11.3. The van der Waals surface area contributed by atoms with E-state index in [1.165, 1.54) is 23.0 Å². The molecule has 3 aromatic rings. The van der Waals surface area contributed by atoms with E-state index < -0.39 is 5.97 Å². The van der Waals surface area contributed by atoms with Gasteiger partial charge in [-0.25, -0.2) is 4.79 Å². The number of carbonyl (C=O) groups is 1. The average Bonchev–Trinajstić information content (AvgIpc) is 3.01. The van der Waals surface area contributed by atoms with Crippen LogP contribution in [0.2, 0.25) is 0 Å². The summed E-state index contributed by atoms with van der Waals surface area (Å²) in [5, 5.41) is 27.9. The predicted molar refractivity (Wildman–Crippen MR) is 93.5 cm³/mol. The molecule has 0 atom stereocenters. The van der Waals surface area contributed by atoms with Gasteiger partial charge in [-0.1, -0.05) is 6.58 Å². The summed E-state index contributed by atoms with van der Waals surface area (Å²) in [6.45, 7) is 5.38. The van der Waals surface area contributed by atoms with E-state index >= 15 is 0 Å². The van der Waals surface area contributed by atoms with Crippen LogP contribution in [0.1, 0.15) is 6.92 Å². The molecular formula is C18H17N3O5. The number of hydrogen-bond donors (Lipinski definition) is 2. The second-order valence-electron chi connectivity index (χ2n) is 5.58. The number of esters is 1. The standard InChI is InChI=1S/C18H17N3O5/c1-11(2)18(24)26-8-7-25-13-4-5-14-15(10-13)20-21(19-14)16-6-3-12(22)9-17(16)23/h3-6,9-10,22-23H,1,7-8H2,2H3. The van der Waals surface area contributed by atoms with Gasteiger partial charge in [0.05, 0.1) is 0 Å². The van der Waals surface area contributed by atoms with Gasteiger partial charge < -0.3 is 19.7 Å². The number of hydrogen-bond acceptors (Lipinski definition) is 7. The maximum atomic E-state index is 11.3. The summed E-state index contributed by atoms with van der Waals surface area (Å²) in [7, 11) is 0. The molecule has 3 rings (SSSR count). The molecule has 0 aliphatic rings. The minimum atomic E-state index is -0.458. The van der Waals surface area contributed by atoms with E-state index in [2.05, 4.69) is 16.8 Å². The van der Waals surface area contributed by atoms with Gasteiger partial charge in [-0.05, 0) is 31.2 Å². The summed E-state index contributed by atoms with van der Waals surface area (Å²) in [6.07, 6.45) is 0. The largest absolute Gasteiger partial charge is 0.508 e. The summed E-state index contributed by atoms with van der Waals surface area (Å²) in [4.78, 5) is 12.6. The Morgan fingerprint density at radius 3 is 2.62 bits per heavy atom. The number of carbonyl (C=O) groups excluding carboxylic acids is 1. The van der Waals surface area contributed by atoms with Crippen molar-refractivity contribution in [3.63, 3.8) is 0 Å². The number of nitrogens with zero attached hydrogens (tertiary/aromatic N) is 3. The second-order valence-corrected chi connectivity index (χ2v) is 5.58. The van der Waals surface area contributed by atoms with Gasteiger partial charge in [0.1, 0.15) is 47.2 Å². The molecular weight excluding hydrogens is 338 g/mol. The van der Waals surface area contributed by atoms with Gasteiger partial charge >= 0.3 is 5.97 Å². The number of fused-ring (bicyclic) bond motifs is 1. The molecule has 8 heteroatoms. The van der Waals surface area contributed by atoms with Crippen LogP contribution in [-0.2, 0) is 9.53 Å². The molecule has 0 saturated heterocycles. The van der Waals surface area contributed by atoms with Crippen molar-refractivity contribution in [1.29, 1.82) is 0 Å². The number of ether oxygens (including phenoxy) is 2. The number of benzene rings is 2. The van der Waals surface area contributed by atoms with Crippen LogP contribution >= 0.6 is 0 Å². The van der Waals surface area contributed by atoms with Crippen LogP contribution in [0.15, 0.2) is 48.6 Å². The van der Waals surface area contributed by atoms with Gasteiger partial charge in [0, 0.05) is 17.7 Å². The lowest BCUT2D eigenvalue weighted by molar-refractivity contribution is -0.139. The topological polar surface area (TPSA) is 107 Å². The third-order valence-corrected chi connectivity index (χ3v) is 3.46. The molecule has 8 nitrogen and oxygen atoms in total. The molecule has 0 unspecified atom stereocenters. The Balaban J connectivity index is 1.71. The molecule has 2 N–H and O–H groups in total. The molecule has 0 bridgehead atoms. The predicted octanol–water partition coefficient (Wildman–Crippen LogP) is 2.33. The van der Waals surface area contributed by atoms with Gasteiger partial charge in [0.2, 0.25) is 0 Å². The number of rotatable bonds is 6. The molecule has 2 aromatic carbocycles. The number of aromatic hydroxyl groups is 2. The lowest BCUT2D eigenvalue weighted by atomic mass is 10.3. The maximum Gasteiger partial charge on any atom is 0.333 e. The molecule has 0 spiro atoms. The smallest absolute Gasteiger partial charge is 0.333 e. The highest BCUT2D eigenvalue weighted by molar-refractivity contribution is 5.86. The quantitative estimate of drug-likeness (QED) is 0.397. The summed E-state index contributed by atoms with van der Waals surface area (Å²) < 4.78 is 10.5. The SMILES string of the molecule is C=C(C)C(=O)OCCOc1ccc2nn(-c3ccc(O)cc3O)nc2c1. The minimum Gasteiger partial charge on any atom is -0.508 e. The summed E-state index contributed by atoms with van der Waals surface area (Å²) >= 11 is 0. The van der Waals surface area contributed by atoms with Crippen molar-refractivity contribution in [1.82, 2.24) is 15.0 Å². The Morgan fingerprint density at radius 2 is 1.88 bits per heavy atom. The first kappa shape index (κ1) is 17.3. The van der Waals surface area contributed by atoms with Crippen LogP contribution in [0.4, 0.5) is 0 Å². The van der Waals surface area contributed by atoms with Gasteiger partial charge in [0.25, 0.3) is 0 Å². The zero-order valence-electron chi connectivity index (χ0n) is 14.0. The Hall–Kier alpha value is -3.55. The number of phenolic OH excluding ortho intramolecular Hbond substituents is 2. The van der Waals surface area contributed by atoms with Crippen LogP contribution in [0, 0.1) is 0 Å². The van der Waals surface area contributed by atoms with Crippen LogP contribution in [-0.4, -0.2) is 44.4 Å². The van der Waals surface area contributed by atoms with Crippen molar-refractivity contribution >= 4 is 17.0 Å². The fourth-order valence-electron chi connectivity index (χ4n) is 2.19. The molecule has 0 saturated carbocycles. The molecule has 0 fully saturated rings. The highest BCUT2D eigenvalue weighted by Gasteiger charge is 2.10. The zero-order valence-corrected chi connectivity index (χ0v) is 14.0. The fourth-order valence-corrected chi connectivity index (χ4v) is 2.19. The molecule has 1 aromatic heterocycles. The third-order valence-electron chi connectivity index (χ3n) is 3.46. The first-order valence-corrected chi connectivity index (χ1v) is 7.79. The van der Waals surface area contributed by atoms with E-state index in [1.54, 1.807) is 25.1 Å². The molecule has 134 valence electrons. The highest BCUT2D eigenvalue weighted by Crippen LogP contribution is 2.26. The van der Waals surface area contributed by atoms with Gasteiger partial charge in [-0.2, -0.15) is 0 Å². The summed E-state index contributed by atoms with van der Waals surface area (Å²) in [6, 6.07) is 9.30. The average molecular weight is 355 g/mol. The van der Waals surface area contributed by atoms with Crippen LogP contribution in [0.5, 0.6) is 17.2 Å². The highest BCUT2D eigenvalue weighted by atomic mass is 16.6. The van der Waals surface area contributed by atoms with Crippen molar-refractivity contribution in [2.45, 2.75) is 6.92 Å². The van der Waals surface area contributed by atoms with Crippen molar-refractivity contribution in [3.05, 3.63) is 48.6 Å². The molecule has 0 aliphatic carbocycles. The molecule has 0 radical (unpaired) electrons. The summed E-state index contributed by atoms with van der Waals surface area (Å²) in [5.74, 6) is -0.0985. The fraction of sp³-hybridized carbons (Fsp3) is 0.167. The first-order valence-electron chi connectivity index (χ1n) is 7.79. The molecule has 0 aliphatic heterocycles. The lowest BCUT2D eigenvalue weighted by Gasteiger charge is -2.06. The Bertz CT molecular complexity index is 980. The third kappa shape index (κ3) is 3.75. The Kier molecular flexibility index (Phi) is 4.74. The van der Waals surface area contributed by atoms with E-state index in [0.717, 1.165) is 0 Å². The van der Waals surface area contributed by atoms with E-state index in [1.807, 2.05) is 0 Å². The van der Waals surface area contributed by atoms with Crippen LogP contribution < -0.4 is 4.74 Å². The van der Waals surface area contributed by atoms with Crippen LogP contribution in [0.25, 0.3) is 16.7 Å². The van der Waals surface area contributed by atoms with Gasteiger partial charge in [0.15, 0.2) is 0 Å². The normalized spacial score (nSPS) is 10.7. The lowest BCUT2D eigenvalue weighted by Crippen LogP contribution is -2.12. The second kappa shape index (κ2) is 7.14. The molecule has 0 amide bonds. The zero-order chi connectivity index (χ0) is 18.7. The van der Waals surface area contributed by atoms with E-state index in [0.29, 0.717) is 28.0 Å². The van der Waals surface area contributed by atoms with Gasteiger partial charge in [-0.3, -0.25) is 0 Å². The van der Waals surface area contributed by atoms with Gasteiger partial charge in [-0.15, -0.1) is 15.0 Å². The van der Waals surface area contributed by atoms with Crippen LogP contribution in [0.3, 0.4) is 0 Å². The number of phenols is 2. The summed E-state index contributed by atoms with van der Waals surface area (Å²) in [5.41, 5.74) is 1.85. The number of aromatic nitrogens is 3. The van der Waals surface area contributed by atoms with Crippen molar-refractivity contribution in [2.24, 2.45) is 0 Å². The Labute approximate surface area is 148 Å². The van der Waals surface area contributed by atoms with E-state index in [9.17, 15) is 15.0 Å². The van der Waals surface area contributed by atoms with Crippen molar-refractivity contribution in [2.75, 3.05) is 13.2 Å². The monoisotopic (exact) mass is 355 g/mol. The van der Waals surface area contributed by atoms with Crippen molar-refractivity contribution in [3.8, 4) is 22.9 Å². The first-order chi connectivity index (χ1) is 12.4. The minimum absolute atomic E-state index is 0.0500. The van der Waals surface area contributed by atoms with E-state index in [4.69, 9.17) is 9.47 Å². The van der Waals surface area contributed by atoms with E-state index in [-0.39, 0.29) is 24.7 Å². The Morgan fingerprint density at radius 1 is 1.12 bits per heavy atom. The molecule has 26 heavy (non-hydrogen) atoms.